The molecular weight excluding hydrogens is 288 g/mol. The minimum Gasteiger partial charge on any atom is -0.478 e. The number of aromatic nitrogens is 1. The Morgan fingerprint density at radius 2 is 2.05 bits per heavy atom. The molecular formula is C11H10N2O4S2. The van der Waals surface area contributed by atoms with Crippen LogP contribution >= 0.6 is 11.3 Å². The van der Waals surface area contributed by atoms with E-state index < -0.39 is 16.0 Å². The lowest BCUT2D eigenvalue weighted by Crippen LogP contribution is -2.22. The quantitative estimate of drug-likeness (QED) is 0.867. The highest BCUT2D eigenvalue weighted by Crippen LogP contribution is 2.20. The second-order valence-electron chi connectivity index (χ2n) is 3.64. The number of nitrogens with zero attached hydrogens (tertiary/aromatic N) is 1. The summed E-state index contributed by atoms with van der Waals surface area (Å²) in [6, 6.07) is 4.53. The molecule has 0 atom stereocenters. The van der Waals surface area contributed by atoms with E-state index in [0.717, 1.165) is 23.0 Å². The SMILES string of the molecule is O=C(O)c1csc(S(=O)(=O)NCc2ccncc2)c1. The summed E-state index contributed by atoms with van der Waals surface area (Å²) in [5, 5.41) is 10.1. The highest BCUT2D eigenvalue weighted by Gasteiger charge is 2.18. The Hall–Kier alpha value is -1.77. The molecule has 0 fully saturated rings. The number of carboxylic acids is 1. The Morgan fingerprint density at radius 3 is 2.63 bits per heavy atom. The third-order valence-electron chi connectivity index (χ3n) is 2.30. The van der Waals surface area contributed by atoms with Crippen molar-refractivity contribution in [3.63, 3.8) is 0 Å². The summed E-state index contributed by atoms with van der Waals surface area (Å²) in [5.41, 5.74) is 0.739. The summed E-state index contributed by atoms with van der Waals surface area (Å²) in [6.45, 7) is 0.130. The van der Waals surface area contributed by atoms with Gasteiger partial charge in [0.1, 0.15) is 4.21 Å². The number of sulfonamides is 1. The predicted octanol–water partition coefficient (Wildman–Crippen LogP) is 1.32. The Balaban J connectivity index is 2.12. The van der Waals surface area contributed by atoms with Gasteiger partial charge < -0.3 is 5.11 Å². The molecule has 0 amide bonds. The van der Waals surface area contributed by atoms with E-state index in [-0.39, 0.29) is 16.3 Å². The average Bonchev–Trinajstić information content (AvgIpc) is 2.88. The van der Waals surface area contributed by atoms with Crippen LogP contribution in [0.5, 0.6) is 0 Å². The summed E-state index contributed by atoms with van der Waals surface area (Å²) < 4.78 is 26.3. The third kappa shape index (κ3) is 3.37. The summed E-state index contributed by atoms with van der Waals surface area (Å²) in [6.07, 6.45) is 3.13. The number of hydrogen-bond donors (Lipinski definition) is 2. The molecule has 100 valence electrons. The molecule has 0 aliphatic heterocycles. The monoisotopic (exact) mass is 298 g/mol. The molecule has 6 nitrogen and oxygen atoms in total. The van der Waals surface area contributed by atoms with Crippen molar-refractivity contribution < 1.29 is 18.3 Å². The van der Waals surface area contributed by atoms with Crippen LogP contribution < -0.4 is 4.72 Å². The third-order valence-corrected chi connectivity index (χ3v) is 5.14. The number of hydrogen-bond acceptors (Lipinski definition) is 5. The van der Waals surface area contributed by atoms with Gasteiger partial charge in [-0.3, -0.25) is 4.98 Å². The highest BCUT2D eigenvalue weighted by atomic mass is 32.2. The summed E-state index contributed by atoms with van der Waals surface area (Å²) in [5.74, 6) is -1.15. The molecule has 0 saturated carbocycles. The second-order valence-corrected chi connectivity index (χ2v) is 6.54. The molecule has 2 aromatic heterocycles. The molecule has 0 aliphatic rings. The van der Waals surface area contributed by atoms with E-state index in [1.54, 1.807) is 24.5 Å². The molecule has 0 spiro atoms. The number of nitrogens with one attached hydrogen (secondary N) is 1. The maximum atomic E-state index is 11.9. The second kappa shape index (κ2) is 5.47. The van der Waals surface area contributed by atoms with Gasteiger partial charge in [-0.2, -0.15) is 0 Å². The van der Waals surface area contributed by atoms with E-state index in [9.17, 15) is 13.2 Å². The van der Waals surface area contributed by atoms with E-state index in [1.165, 1.54) is 5.38 Å². The molecule has 0 saturated heterocycles. The van der Waals surface area contributed by atoms with Gasteiger partial charge in [-0.25, -0.2) is 17.9 Å². The lowest BCUT2D eigenvalue weighted by atomic mass is 10.3. The van der Waals surface area contributed by atoms with Crippen LogP contribution in [-0.2, 0) is 16.6 Å². The first kappa shape index (κ1) is 13.7. The molecule has 2 N–H and O–H groups in total. The molecule has 2 heterocycles. The van der Waals surface area contributed by atoms with E-state index >= 15 is 0 Å². The van der Waals surface area contributed by atoms with Crippen LogP contribution in [0.4, 0.5) is 0 Å². The van der Waals surface area contributed by atoms with Gasteiger partial charge in [0.2, 0.25) is 10.0 Å². The fraction of sp³-hybridized carbons (Fsp3) is 0.0909. The van der Waals surface area contributed by atoms with E-state index in [4.69, 9.17) is 5.11 Å². The van der Waals surface area contributed by atoms with Gasteiger partial charge in [0, 0.05) is 24.3 Å². The Kier molecular flexibility index (Phi) is 3.93. The van der Waals surface area contributed by atoms with Crippen LogP contribution in [0.1, 0.15) is 15.9 Å². The molecule has 19 heavy (non-hydrogen) atoms. The summed E-state index contributed by atoms with van der Waals surface area (Å²) >= 11 is 0.876. The maximum Gasteiger partial charge on any atom is 0.336 e. The first-order valence-electron chi connectivity index (χ1n) is 5.19. The Labute approximate surface area is 113 Å². The fourth-order valence-electron chi connectivity index (χ4n) is 1.32. The van der Waals surface area contributed by atoms with Crippen molar-refractivity contribution >= 4 is 27.3 Å². The zero-order valence-electron chi connectivity index (χ0n) is 9.61. The lowest BCUT2D eigenvalue weighted by molar-refractivity contribution is 0.0697. The predicted molar refractivity (Wildman–Crippen MR) is 69.5 cm³/mol. The van der Waals surface area contributed by atoms with Crippen molar-refractivity contribution in [2.45, 2.75) is 10.8 Å². The van der Waals surface area contributed by atoms with E-state index in [2.05, 4.69) is 9.71 Å². The van der Waals surface area contributed by atoms with Gasteiger partial charge in [0.15, 0.2) is 0 Å². The highest BCUT2D eigenvalue weighted by molar-refractivity contribution is 7.91. The summed E-state index contributed by atoms with van der Waals surface area (Å²) in [7, 11) is -3.69. The molecule has 2 aromatic rings. The van der Waals surface area contributed by atoms with Crippen molar-refractivity contribution in [2.75, 3.05) is 0 Å². The van der Waals surface area contributed by atoms with Crippen LogP contribution in [0.15, 0.2) is 40.2 Å². The van der Waals surface area contributed by atoms with Gasteiger partial charge >= 0.3 is 5.97 Å². The minimum absolute atomic E-state index is 0.0149. The van der Waals surface area contributed by atoms with Crippen molar-refractivity contribution in [1.82, 2.24) is 9.71 Å². The summed E-state index contributed by atoms with van der Waals surface area (Å²) in [4.78, 5) is 14.5. The maximum absolute atomic E-state index is 11.9. The van der Waals surface area contributed by atoms with E-state index in [0.29, 0.717) is 0 Å². The van der Waals surface area contributed by atoms with Gasteiger partial charge in [0.05, 0.1) is 5.56 Å². The zero-order valence-corrected chi connectivity index (χ0v) is 11.2. The molecule has 0 unspecified atom stereocenters. The zero-order chi connectivity index (χ0) is 13.9. The topological polar surface area (TPSA) is 96.4 Å². The van der Waals surface area contributed by atoms with Crippen molar-refractivity contribution in [3.05, 3.63) is 47.1 Å². The molecule has 2 rings (SSSR count). The largest absolute Gasteiger partial charge is 0.478 e. The normalized spacial score (nSPS) is 11.4. The minimum atomic E-state index is -3.69. The number of carboxylic acid groups (broad SMARTS) is 1. The standard InChI is InChI=1S/C11H10N2O4S2/c14-11(15)9-5-10(18-7-9)19(16,17)13-6-8-1-3-12-4-2-8/h1-5,7,13H,6H2,(H,14,15). The number of thiophene rings is 1. The van der Waals surface area contributed by atoms with Crippen molar-refractivity contribution in [3.8, 4) is 0 Å². The molecule has 0 aliphatic carbocycles. The van der Waals surface area contributed by atoms with Crippen molar-refractivity contribution in [1.29, 1.82) is 0 Å². The first-order chi connectivity index (χ1) is 8.99. The molecule has 0 radical (unpaired) electrons. The molecule has 8 heteroatoms. The van der Waals surface area contributed by atoms with Crippen molar-refractivity contribution in [2.24, 2.45) is 0 Å². The van der Waals surface area contributed by atoms with Crippen LogP contribution in [0.25, 0.3) is 0 Å². The smallest absolute Gasteiger partial charge is 0.336 e. The van der Waals surface area contributed by atoms with Crippen LogP contribution in [0.3, 0.4) is 0 Å². The Bertz CT molecular complexity index is 680. The lowest BCUT2D eigenvalue weighted by Gasteiger charge is -2.04. The fourth-order valence-corrected chi connectivity index (χ4v) is 3.54. The van der Waals surface area contributed by atoms with Gasteiger partial charge in [0.25, 0.3) is 0 Å². The number of carbonyl (C=O) groups is 1. The number of aromatic carboxylic acids is 1. The average molecular weight is 298 g/mol. The van der Waals surface area contributed by atoms with Crippen LogP contribution in [0, 0.1) is 0 Å². The van der Waals surface area contributed by atoms with Gasteiger partial charge in [-0.05, 0) is 23.8 Å². The molecule has 0 aromatic carbocycles. The van der Waals surface area contributed by atoms with Gasteiger partial charge in [-0.1, -0.05) is 0 Å². The van der Waals surface area contributed by atoms with E-state index in [1.807, 2.05) is 0 Å². The number of pyridine rings is 1. The Morgan fingerprint density at radius 1 is 1.37 bits per heavy atom. The molecule has 0 bridgehead atoms. The van der Waals surface area contributed by atoms with Crippen LogP contribution in [-0.4, -0.2) is 24.5 Å². The van der Waals surface area contributed by atoms with Gasteiger partial charge in [-0.15, -0.1) is 11.3 Å². The number of rotatable bonds is 5. The van der Waals surface area contributed by atoms with Crippen LogP contribution in [0.2, 0.25) is 0 Å². The first-order valence-corrected chi connectivity index (χ1v) is 7.56.